The predicted octanol–water partition coefficient (Wildman–Crippen LogP) is 4.04. The summed E-state index contributed by atoms with van der Waals surface area (Å²) >= 11 is 6.32. The molecule has 112 valence electrons. The number of ether oxygens (including phenoxy) is 1. The minimum atomic E-state index is -0.514. The van der Waals surface area contributed by atoms with Crippen molar-refractivity contribution in [3.63, 3.8) is 0 Å². The lowest BCUT2D eigenvalue weighted by atomic mass is 10.1. The third-order valence-corrected chi connectivity index (χ3v) is 3.72. The lowest BCUT2D eigenvalue weighted by molar-refractivity contribution is 0.199. The molecule has 0 spiro atoms. The van der Waals surface area contributed by atoms with E-state index in [0.717, 1.165) is 29.1 Å². The Morgan fingerprint density at radius 3 is 2.62 bits per heavy atom. The van der Waals surface area contributed by atoms with Crippen LogP contribution in [-0.4, -0.2) is 19.3 Å². The summed E-state index contributed by atoms with van der Waals surface area (Å²) in [7, 11) is 3.65. The van der Waals surface area contributed by atoms with Gasteiger partial charge in [0, 0.05) is 13.6 Å². The minimum Gasteiger partial charge on any atom is -0.497 e. The van der Waals surface area contributed by atoms with Crippen LogP contribution in [0.1, 0.15) is 24.2 Å². The molecule has 3 nitrogen and oxygen atoms in total. The van der Waals surface area contributed by atoms with Gasteiger partial charge in [0.15, 0.2) is 0 Å². The van der Waals surface area contributed by atoms with Gasteiger partial charge in [0.25, 0.3) is 0 Å². The highest BCUT2D eigenvalue weighted by molar-refractivity contribution is 6.33. The Kier molecular flexibility index (Phi) is 5.10. The van der Waals surface area contributed by atoms with Crippen LogP contribution in [0.25, 0.3) is 0 Å². The van der Waals surface area contributed by atoms with Crippen molar-refractivity contribution in [3.8, 4) is 5.75 Å². The Labute approximate surface area is 130 Å². The zero-order valence-corrected chi connectivity index (χ0v) is 13.3. The van der Waals surface area contributed by atoms with E-state index in [1.165, 1.54) is 0 Å². The van der Waals surface area contributed by atoms with E-state index in [2.05, 4.69) is 11.0 Å². The zero-order valence-electron chi connectivity index (χ0n) is 12.5. The molecule has 0 fully saturated rings. The van der Waals surface area contributed by atoms with Crippen LogP contribution in [0.15, 0.2) is 42.5 Å². The Bertz CT molecular complexity index is 613. The molecule has 0 bridgehead atoms. The Morgan fingerprint density at radius 1 is 1.24 bits per heavy atom. The number of anilines is 1. The maximum Gasteiger partial charge on any atom is 0.119 e. The molecule has 0 saturated heterocycles. The van der Waals surface area contributed by atoms with Gasteiger partial charge in [-0.15, -0.1) is 0 Å². The van der Waals surface area contributed by atoms with Gasteiger partial charge < -0.3 is 14.7 Å². The molecule has 0 saturated carbocycles. The second-order valence-electron chi connectivity index (χ2n) is 5.09. The van der Waals surface area contributed by atoms with Crippen molar-refractivity contribution in [2.45, 2.75) is 19.6 Å². The lowest BCUT2D eigenvalue weighted by Crippen LogP contribution is -2.17. The number of aliphatic hydroxyl groups excluding tert-OH is 1. The summed E-state index contributed by atoms with van der Waals surface area (Å²) in [6.45, 7) is 2.45. The van der Waals surface area contributed by atoms with E-state index in [9.17, 15) is 5.11 Å². The van der Waals surface area contributed by atoms with Crippen LogP contribution < -0.4 is 9.64 Å². The normalized spacial score (nSPS) is 12.0. The van der Waals surface area contributed by atoms with Crippen molar-refractivity contribution in [2.24, 2.45) is 0 Å². The zero-order chi connectivity index (χ0) is 15.4. The molecule has 0 aromatic heterocycles. The molecule has 0 radical (unpaired) electrons. The molecule has 0 aliphatic carbocycles. The number of hydrogen-bond donors (Lipinski definition) is 1. The monoisotopic (exact) mass is 305 g/mol. The van der Waals surface area contributed by atoms with Gasteiger partial charge in [-0.1, -0.05) is 29.8 Å². The SMILES string of the molecule is COc1cccc(CN(C)c2ccc([C@H](C)O)cc2Cl)c1. The molecule has 2 rings (SSSR count). The number of rotatable bonds is 5. The second-order valence-corrected chi connectivity index (χ2v) is 5.50. The van der Waals surface area contributed by atoms with Gasteiger partial charge in [-0.05, 0) is 42.3 Å². The first kappa shape index (κ1) is 15.7. The highest BCUT2D eigenvalue weighted by Crippen LogP contribution is 2.29. The third kappa shape index (κ3) is 3.90. The van der Waals surface area contributed by atoms with Crippen LogP contribution in [-0.2, 0) is 6.54 Å². The maximum absolute atomic E-state index is 9.58. The fraction of sp³-hybridized carbons (Fsp3) is 0.294. The molecular weight excluding hydrogens is 286 g/mol. The van der Waals surface area contributed by atoms with Crippen molar-refractivity contribution in [1.29, 1.82) is 0 Å². The van der Waals surface area contributed by atoms with Crippen molar-refractivity contribution in [3.05, 3.63) is 58.6 Å². The van der Waals surface area contributed by atoms with E-state index in [-0.39, 0.29) is 0 Å². The first-order chi connectivity index (χ1) is 10.0. The summed E-state index contributed by atoms with van der Waals surface area (Å²) in [6, 6.07) is 13.6. The van der Waals surface area contributed by atoms with Crippen molar-refractivity contribution >= 4 is 17.3 Å². The van der Waals surface area contributed by atoms with Gasteiger partial charge in [-0.25, -0.2) is 0 Å². The molecule has 2 aromatic rings. The van der Waals surface area contributed by atoms with Gasteiger partial charge in [0.2, 0.25) is 0 Å². The summed E-state index contributed by atoms with van der Waals surface area (Å²) < 4.78 is 5.24. The Morgan fingerprint density at radius 2 is 2.00 bits per heavy atom. The van der Waals surface area contributed by atoms with Gasteiger partial charge in [-0.2, -0.15) is 0 Å². The number of halogens is 1. The van der Waals surface area contributed by atoms with Crippen LogP contribution >= 0.6 is 11.6 Å². The number of hydrogen-bond acceptors (Lipinski definition) is 3. The second kappa shape index (κ2) is 6.83. The predicted molar refractivity (Wildman–Crippen MR) is 87.2 cm³/mol. The van der Waals surface area contributed by atoms with E-state index in [1.807, 2.05) is 43.4 Å². The van der Waals surface area contributed by atoms with Gasteiger partial charge >= 0.3 is 0 Å². The van der Waals surface area contributed by atoms with E-state index in [1.54, 1.807) is 14.0 Å². The molecule has 0 unspecified atom stereocenters. The van der Waals surface area contributed by atoms with Gasteiger partial charge in [0.05, 0.1) is 23.9 Å². The summed E-state index contributed by atoms with van der Waals surface area (Å²) in [5.41, 5.74) is 2.90. The van der Waals surface area contributed by atoms with Crippen LogP contribution in [0.3, 0.4) is 0 Å². The smallest absolute Gasteiger partial charge is 0.119 e. The standard InChI is InChI=1S/C17H20ClNO2/c1-12(20)14-7-8-17(16(18)10-14)19(2)11-13-5-4-6-15(9-13)21-3/h4-10,12,20H,11H2,1-3H3/t12-/m0/s1. The van der Waals surface area contributed by atoms with E-state index >= 15 is 0 Å². The Hall–Kier alpha value is -1.71. The lowest BCUT2D eigenvalue weighted by Gasteiger charge is -2.22. The summed E-state index contributed by atoms with van der Waals surface area (Å²) in [5, 5.41) is 10.2. The third-order valence-electron chi connectivity index (χ3n) is 3.42. The highest BCUT2D eigenvalue weighted by Gasteiger charge is 2.10. The molecule has 0 amide bonds. The first-order valence-electron chi connectivity index (χ1n) is 6.83. The topological polar surface area (TPSA) is 32.7 Å². The van der Waals surface area contributed by atoms with Crippen molar-refractivity contribution < 1.29 is 9.84 Å². The largest absolute Gasteiger partial charge is 0.497 e. The average molecular weight is 306 g/mol. The number of nitrogens with zero attached hydrogens (tertiary/aromatic N) is 1. The van der Waals surface area contributed by atoms with E-state index in [4.69, 9.17) is 16.3 Å². The fourth-order valence-corrected chi connectivity index (χ4v) is 2.56. The number of benzene rings is 2. The van der Waals surface area contributed by atoms with Gasteiger partial charge in [0.1, 0.15) is 5.75 Å². The van der Waals surface area contributed by atoms with Crippen LogP contribution in [0.4, 0.5) is 5.69 Å². The van der Waals surface area contributed by atoms with Crippen molar-refractivity contribution in [2.75, 3.05) is 19.1 Å². The van der Waals surface area contributed by atoms with Crippen LogP contribution in [0.2, 0.25) is 5.02 Å². The molecule has 0 aliphatic rings. The maximum atomic E-state index is 9.58. The average Bonchev–Trinajstić information content (AvgIpc) is 2.47. The van der Waals surface area contributed by atoms with Crippen molar-refractivity contribution in [1.82, 2.24) is 0 Å². The number of aliphatic hydroxyl groups is 1. The number of methoxy groups -OCH3 is 1. The van der Waals surface area contributed by atoms with Crippen LogP contribution in [0.5, 0.6) is 5.75 Å². The molecule has 1 atom stereocenters. The molecule has 21 heavy (non-hydrogen) atoms. The molecule has 1 N–H and O–H groups in total. The van der Waals surface area contributed by atoms with Crippen LogP contribution in [0, 0.1) is 0 Å². The summed E-state index contributed by atoms with van der Waals surface area (Å²) in [4.78, 5) is 2.07. The molecule has 4 heteroatoms. The quantitative estimate of drug-likeness (QED) is 0.905. The summed E-state index contributed by atoms with van der Waals surface area (Å²) in [6.07, 6.45) is -0.514. The molecular formula is C17H20ClNO2. The van der Waals surface area contributed by atoms with E-state index < -0.39 is 6.10 Å². The van der Waals surface area contributed by atoms with Gasteiger partial charge in [-0.3, -0.25) is 0 Å². The highest BCUT2D eigenvalue weighted by atomic mass is 35.5. The molecule has 2 aromatic carbocycles. The minimum absolute atomic E-state index is 0.514. The molecule has 0 heterocycles. The van der Waals surface area contributed by atoms with E-state index in [0.29, 0.717) is 5.02 Å². The summed E-state index contributed by atoms with van der Waals surface area (Å²) in [5.74, 6) is 0.844. The first-order valence-corrected chi connectivity index (χ1v) is 7.20. The fourth-order valence-electron chi connectivity index (χ4n) is 2.22. The molecule has 0 aliphatic heterocycles. The Balaban J connectivity index is 2.18.